The second kappa shape index (κ2) is 52.7. The van der Waals surface area contributed by atoms with Crippen molar-refractivity contribution >= 4 is 145 Å². The molecule has 0 spiro atoms. The van der Waals surface area contributed by atoms with Gasteiger partial charge in [-0.1, -0.05) is 40.5 Å². The lowest BCUT2D eigenvalue weighted by Crippen LogP contribution is -2.42. The largest absolute Gasteiger partial charge is 0.481 e. The molecule has 2 aliphatic heterocycles. The summed E-state index contributed by atoms with van der Waals surface area (Å²) in [4.78, 5) is 214. The number of thioether (sulfide) groups is 4. The van der Waals surface area contributed by atoms with Crippen molar-refractivity contribution in [3.05, 3.63) is 45.5 Å². The second-order valence-electron chi connectivity index (χ2n) is 30.0. The quantitative estimate of drug-likeness (QED) is 0.0192. The minimum Gasteiger partial charge on any atom is -0.481 e. The highest BCUT2D eigenvalue weighted by molar-refractivity contribution is 8.04. The third-order valence-corrected chi connectivity index (χ3v) is 28.0. The molecule has 16 atom stereocenters. The number of nitrogens with one attached hydrogen (secondary N) is 4. The Kier molecular flexibility index (Phi) is 45.8. The smallest absolute Gasteiger partial charge is 0.469 e. The van der Waals surface area contributed by atoms with E-state index in [1.165, 1.54) is 38.5 Å². The molecule has 5 amide bonds. The van der Waals surface area contributed by atoms with Gasteiger partial charge in [0.05, 0.1) is 70.2 Å². The molecule has 3 aliphatic carbocycles. The fraction of sp³-hybridized carbons (Fsp3) is 0.730. The summed E-state index contributed by atoms with van der Waals surface area (Å²) in [7, 11) is -10.2. The Bertz CT molecular complexity index is 3900. The molecule has 124 heavy (non-hydrogen) atoms. The van der Waals surface area contributed by atoms with Crippen LogP contribution in [0.1, 0.15) is 157 Å². The van der Waals surface area contributed by atoms with E-state index in [9.17, 15) is 109 Å². The number of aliphatic carboxylic acids is 1. The number of ether oxygens (including phenoxy) is 6. The number of alkyl halides is 4. The number of carbonyl (C=O) groups is 12. The van der Waals surface area contributed by atoms with Crippen LogP contribution in [0.15, 0.2) is 34.1 Å². The maximum Gasteiger partial charge on any atom is 0.469 e. The van der Waals surface area contributed by atoms with E-state index in [-0.39, 0.29) is 162 Å². The highest BCUT2D eigenvalue weighted by atomic mass is 32.2. The summed E-state index contributed by atoms with van der Waals surface area (Å²) in [5, 5.41) is 39.6. The van der Waals surface area contributed by atoms with Crippen LogP contribution in [0.5, 0.6) is 0 Å². The van der Waals surface area contributed by atoms with Crippen molar-refractivity contribution in [3.63, 3.8) is 0 Å². The van der Waals surface area contributed by atoms with Gasteiger partial charge in [-0.25, -0.2) is 18.7 Å². The lowest BCUT2D eigenvalue weighted by Gasteiger charge is -2.37. The number of aliphatic hydroxyl groups is 2. The Morgan fingerprint density at radius 3 is 1.18 bits per heavy atom. The predicted molar refractivity (Wildman–Crippen MR) is 440 cm³/mol. The monoisotopic (exact) mass is 1890 g/mol. The lowest BCUT2D eigenvalue weighted by molar-refractivity contribution is -0.147. The van der Waals surface area contributed by atoms with Gasteiger partial charge in [0, 0.05) is 114 Å². The van der Waals surface area contributed by atoms with Gasteiger partial charge in [0.2, 0.25) is 30.2 Å². The topological polar surface area (TPSA) is 598 Å². The number of esters is 2. The molecule has 0 aromatic carbocycles. The highest BCUT2D eigenvalue weighted by Gasteiger charge is 2.61. The van der Waals surface area contributed by atoms with Gasteiger partial charge in [-0.3, -0.25) is 75.7 Å². The molecular formula is C74H111F4N9O31P2S4. The summed E-state index contributed by atoms with van der Waals surface area (Å²) in [6.45, 7) is 7.40. The zero-order chi connectivity index (χ0) is 92.4. The van der Waals surface area contributed by atoms with Gasteiger partial charge in [0.15, 0.2) is 25.4 Å². The third-order valence-electron chi connectivity index (χ3n) is 20.3. The van der Waals surface area contributed by atoms with Crippen molar-refractivity contribution in [2.45, 2.75) is 214 Å². The molecule has 40 nitrogen and oxygen atoms in total. The Balaban J connectivity index is 0.000000411. The van der Waals surface area contributed by atoms with Crippen LogP contribution in [0.25, 0.3) is 0 Å². The zero-order valence-corrected chi connectivity index (χ0v) is 74.1. The summed E-state index contributed by atoms with van der Waals surface area (Å²) in [6, 6.07) is 1.85. The highest BCUT2D eigenvalue weighted by Crippen LogP contribution is 2.48. The van der Waals surface area contributed by atoms with Crippen LogP contribution in [0.2, 0.25) is 0 Å². The molecular weight excluding hydrogens is 1780 g/mol. The SMILES string of the molecule is CC1CCC1C.CCC(CSC1CCC1SCC(CC(=O)CCOCCC(C)=O)C(=O)NCCC(=O)OCC(=O)Nc1ccn(C2O[C@H](COP(=O)(O)O)[C@@H](O)C2(F)F)c(=O)n1)C(=O)O.CCC(CSC1CCC1SCC(CC(=O)CCOCCC(C)=O)C(=O)NCCC(=O)OCC(=O)Nc1ccn(C2O[C@H](COP(=O)(O)O)[C@@H](O)C2(F)F)c(=O)n1)C(N)=O. The zero-order valence-electron chi connectivity index (χ0n) is 69.1. The van der Waals surface area contributed by atoms with Crippen LogP contribution in [0, 0.1) is 35.5 Å². The van der Waals surface area contributed by atoms with E-state index < -0.39 is 173 Å². The van der Waals surface area contributed by atoms with Gasteiger partial charge in [-0.15, -0.1) is 0 Å². The molecule has 0 radical (unpaired) electrons. The predicted octanol–water partition coefficient (Wildman–Crippen LogP) is 4.06. The summed E-state index contributed by atoms with van der Waals surface area (Å²) in [5.41, 5.74) is 2.75. The fourth-order valence-corrected chi connectivity index (χ4v) is 19.4. The number of phosphoric acid groups is 2. The van der Waals surface area contributed by atoms with Crippen molar-refractivity contribution in [2.24, 2.45) is 41.2 Å². The van der Waals surface area contributed by atoms with E-state index in [0.29, 0.717) is 30.1 Å². The van der Waals surface area contributed by atoms with E-state index in [0.717, 1.165) is 62.0 Å². The van der Waals surface area contributed by atoms with Crippen molar-refractivity contribution in [1.29, 1.82) is 0 Å². The number of phosphoric ester groups is 2. The molecule has 13 N–H and O–H groups in total. The van der Waals surface area contributed by atoms with Crippen LogP contribution < -0.4 is 38.4 Å². The molecule has 5 fully saturated rings. The minimum atomic E-state index is -5.10. The number of nitrogens with two attached hydrogens (primary N) is 1. The summed E-state index contributed by atoms with van der Waals surface area (Å²) in [5.74, 6) is -14.0. The molecule has 7 rings (SSSR count). The molecule has 5 aliphatic rings. The average molecular weight is 1890 g/mol. The number of nitrogens with zero attached hydrogens (tertiary/aromatic N) is 4. The third kappa shape index (κ3) is 37.5. The van der Waals surface area contributed by atoms with Gasteiger partial charge >= 0.3 is 56.8 Å². The second-order valence-corrected chi connectivity index (χ2v) is 37.6. The summed E-state index contributed by atoms with van der Waals surface area (Å²) < 4.78 is 120. The van der Waals surface area contributed by atoms with Crippen LogP contribution in [0.4, 0.5) is 29.2 Å². The van der Waals surface area contributed by atoms with E-state index in [1.54, 1.807) is 35.3 Å². The number of carboxylic acids is 1. The Hall–Kier alpha value is -6.70. The van der Waals surface area contributed by atoms with Gasteiger partial charge in [-0.2, -0.15) is 74.6 Å². The van der Waals surface area contributed by atoms with E-state index >= 15 is 0 Å². The average Bonchev–Trinajstić information content (AvgIpc) is 1.62. The van der Waals surface area contributed by atoms with Gasteiger partial charge in [0.25, 0.3) is 11.8 Å². The van der Waals surface area contributed by atoms with Crippen molar-refractivity contribution in [3.8, 4) is 0 Å². The molecule has 2 aromatic rings. The van der Waals surface area contributed by atoms with Crippen LogP contribution in [-0.2, 0) is 104 Å². The van der Waals surface area contributed by atoms with E-state index in [1.807, 2.05) is 13.8 Å². The van der Waals surface area contributed by atoms with Crippen molar-refractivity contribution < 1.29 is 157 Å². The van der Waals surface area contributed by atoms with Crippen LogP contribution in [-0.4, -0.2) is 271 Å². The number of hydrogen-bond donors (Lipinski definition) is 12. The van der Waals surface area contributed by atoms with Crippen LogP contribution in [0.3, 0.4) is 0 Å². The number of rotatable bonds is 54. The number of Topliss-reactive ketones (excluding diaryl/α,β-unsaturated/α-hetero) is 4. The van der Waals surface area contributed by atoms with Gasteiger partial charge in [0.1, 0.15) is 47.0 Å². The molecule has 2 aromatic heterocycles. The number of amides is 5. The Morgan fingerprint density at radius 1 is 0.548 bits per heavy atom. The van der Waals surface area contributed by atoms with Gasteiger partial charge in [-0.05, 0) is 76.3 Å². The number of carboxylic acid groups (broad SMARTS) is 1. The number of halogens is 4. The first kappa shape index (κ1) is 108. The number of anilines is 2. The minimum absolute atomic E-state index is 0.0279. The standard InChI is InChI=1S/C34H50F2N5O15PS2.C34H49F2N4O16PS2.C6H12/c1-3-20(30(37)47)17-58-24-4-5-25(24)59-18-21(14-22(43)9-13-53-12-8-19(2)42)31(48)38-10-6-28(45)54-16-27(44)39-26-7-11-41(33(49)40-26)32-34(35,36)29(46)23(56-32)15-55-57(50,51)52;1-3-20(31(47)48)17-58-24-4-5-25(24)59-18-21(14-22(42)9-13-53-12-8-19(2)41)30(46)37-10-6-28(44)54-16-27(43)38-26-7-11-40(33(49)39-26)32-34(35,36)29(45)23(56-32)15-55-57(50,51)52;1-5-3-4-6(5)2/h7,11,20-21,23-25,29,32,46H,3-6,8-10,12-18H2,1-2H3,(H2,37,47)(H,38,48)(H2,50,51,52)(H,39,40,44,49);7,11,20-21,23-25,29,32,45H,3-6,8-10,12-18H2,1-2H3,(H,37,46)(H,47,48)(H2,50,51,52)(H,38,39,43,49);5-6H,3-4H2,1-2H3/t2*20?,21?,23-,24?,25?,29-,32?;/m11./s1. The van der Waals surface area contributed by atoms with Gasteiger partial charge < -0.3 is 90.3 Å². The number of ketones is 4. The number of carbonyl (C=O) groups excluding carboxylic acids is 11. The maximum absolute atomic E-state index is 14.7. The van der Waals surface area contributed by atoms with Crippen molar-refractivity contribution in [1.82, 2.24) is 29.7 Å². The number of hydrogen-bond acceptors (Lipinski definition) is 32. The lowest BCUT2D eigenvalue weighted by atomic mass is 9.77. The Labute approximate surface area is 727 Å². The number of primary amides is 1. The summed E-state index contributed by atoms with van der Waals surface area (Å²) in [6.07, 6.45) is -5.13. The molecule has 4 heterocycles. The van der Waals surface area contributed by atoms with E-state index in [2.05, 4.69) is 54.1 Å². The molecule has 50 heteroatoms. The number of aromatic nitrogens is 4. The first-order valence-corrected chi connectivity index (χ1v) is 47.1. The van der Waals surface area contributed by atoms with Crippen LogP contribution >= 0.6 is 62.7 Å². The number of aliphatic hydroxyl groups excluding tert-OH is 2. The van der Waals surface area contributed by atoms with Crippen molar-refractivity contribution in [2.75, 3.05) is 99.6 Å². The first-order chi connectivity index (χ1) is 58.2. The summed E-state index contributed by atoms with van der Waals surface area (Å²) >= 11 is 6.34. The Morgan fingerprint density at radius 2 is 0.887 bits per heavy atom. The maximum atomic E-state index is 14.7. The van der Waals surface area contributed by atoms with E-state index in [4.69, 9.17) is 53.7 Å². The molecule has 0 bridgehead atoms. The molecule has 700 valence electrons. The first-order valence-electron chi connectivity index (χ1n) is 39.9. The molecule has 3 saturated carbocycles. The molecule has 2 saturated heterocycles. The molecule has 12 unspecified atom stereocenters. The fourth-order valence-electron chi connectivity index (χ4n) is 11.9. The normalized spacial score (nSPS) is 23.2.